The molecule has 3 aliphatic heterocycles. The highest BCUT2D eigenvalue weighted by Gasteiger charge is 2.60. The van der Waals surface area contributed by atoms with Gasteiger partial charge in [0.25, 0.3) is 0 Å². The molecule has 0 bridgehead atoms. The Labute approximate surface area is 224 Å². The van der Waals surface area contributed by atoms with Gasteiger partial charge in [0.05, 0.1) is 25.9 Å². The van der Waals surface area contributed by atoms with Gasteiger partial charge in [0.15, 0.2) is 11.5 Å². The first kappa shape index (κ1) is 28.0. The molecular formula is C29H40N2O7. The molecule has 4 atom stereocenters. The topological polar surface area (TPSA) is 103 Å². The van der Waals surface area contributed by atoms with Gasteiger partial charge in [-0.3, -0.25) is 14.4 Å². The number of hydrogen-bond acceptors (Lipinski definition) is 7. The van der Waals surface area contributed by atoms with Gasteiger partial charge in [0, 0.05) is 24.6 Å². The molecule has 0 spiro atoms. The number of fused-ring (bicyclic) bond motifs is 2. The normalized spacial score (nSPS) is 26.5. The summed E-state index contributed by atoms with van der Waals surface area (Å²) in [5.74, 6) is -0.316. The Balaban J connectivity index is 1.76. The number of unbranched alkanes of at least 4 members (excludes halogenated alkanes) is 1. The SMILES string of the molecule is CCCCNC(=O)C[C@H]1C[C@@]2(C(=O)OC)C(=C[C@H](C(C)(C)C)O[C@@H]2C)N(Cc2ccc3c(c2)OCO3)C1=O. The van der Waals surface area contributed by atoms with Crippen molar-refractivity contribution in [2.45, 2.75) is 79.1 Å². The number of methoxy groups -OCH3 is 1. The number of rotatable bonds is 8. The average Bonchev–Trinajstić information content (AvgIpc) is 3.34. The van der Waals surface area contributed by atoms with Crippen molar-refractivity contribution in [3.05, 3.63) is 35.5 Å². The van der Waals surface area contributed by atoms with Gasteiger partial charge in [0.1, 0.15) is 5.41 Å². The minimum absolute atomic E-state index is 0.0123. The van der Waals surface area contributed by atoms with Crippen LogP contribution in [0.1, 0.15) is 65.9 Å². The summed E-state index contributed by atoms with van der Waals surface area (Å²) >= 11 is 0. The number of ether oxygens (including phenoxy) is 4. The molecule has 3 aliphatic rings. The Morgan fingerprint density at radius 1 is 1.21 bits per heavy atom. The van der Waals surface area contributed by atoms with Crippen molar-refractivity contribution in [2.75, 3.05) is 20.4 Å². The van der Waals surface area contributed by atoms with Crippen LogP contribution in [0.5, 0.6) is 11.5 Å². The molecule has 1 N–H and O–H groups in total. The van der Waals surface area contributed by atoms with Crippen LogP contribution in [0.4, 0.5) is 0 Å². The lowest BCUT2D eigenvalue weighted by Crippen LogP contribution is -2.61. The Morgan fingerprint density at radius 3 is 2.63 bits per heavy atom. The maximum atomic E-state index is 14.1. The molecule has 1 saturated heterocycles. The first-order valence-electron chi connectivity index (χ1n) is 13.4. The first-order valence-corrected chi connectivity index (χ1v) is 13.4. The van der Waals surface area contributed by atoms with E-state index in [0.717, 1.165) is 18.4 Å². The predicted octanol–water partition coefficient (Wildman–Crippen LogP) is 3.95. The van der Waals surface area contributed by atoms with Gasteiger partial charge in [-0.25, -0.2) is 0 Å². The third-order valence-corrected chi connectivity index (χ3v) is 7.75. The van der Waals surface area contributed by atoms with Gasteiger partial charge in [-0.2, -0.15) is 0 Å². The summed E-state index contributed by atoms with van der Waals surface area (Å²) in [5.41, 5.74) is -0.0996. The van der Waals surface area contributed by atoms with Crippen molar-refractivity contribution in [1.82, 2.24) is 10.2 Å². The van der Waals surface area contributed by atoms with Crippen molar-refractivity contribution in [2.24, 2.45) is 16.7 Å². The number of benzene rings is 1. The minimum Gasteiger partial charge on any atom is -0.468 e. The van der Waals surface area contributed by atoms with E-state index in [0.29, 0.717) is 23.7 Å². The molecule has 9 heteroatoms. The van der Waals surface area contributed by atoms with Crippen LogP contribution in [-0.4, -0.2) is 55.3 Å². The standard InChI is InChI=1S/C29H40N2O7/c1-7-8-11-30-25(32)13-20-15-29(27(34)35-6)18(2)38-24(28(3,4)5)14-23(29)31(26(20)33)16-19-9-10-21-22(12-19)37-17-36-21/h9-10,12,14,18,20,24H,7-8,11,13,15-17H2,1-6H3,(H,30,32)/t18-,20+,24-,29+/m1/s1. The van der Waals surface area contributed by atoms with Crippen LogP contribution in [0.15, 0.2) is 30.0 Å². The van der Waals surface area contributed by atoms with Crippen molar-refractivity contribution in [1.29, 1.82) is 0 Å². The van der Waals surface area contributed by atoms with E-state index < -0.39 is 23.4 Å². The first-order chi connectivity index (χ1) is 18.0. The highest BCUT2D eigenvalue weighted by atomic mass is 16.7. The van der Waals surface area contributed by atoms with E-state index in [2.05, 4.69) is 26.1 Å². The summed E-state index contributed by atoms with van der Waals surface area (Å²) < 4.78 is 22.7. The zero-order chi connectivity index (χ0) is 27.7. The van der Waals surface area contributed by atoms with Gasteiger partial charge >= 0.3 is 5.97 Å². The summed E-state index contributed by atoms with van der Waals surface area (Å²) in [6.45, 7) is 11.0. The second-order valence-electron chi connectivity index (χ2n) is 11.5. The molecular weight excluding hydrogens is 488 g/mol. The lowest BCUT2D eigenvalue weighted by atomic mass is 9.65. The Hall–Kier alpha value is -3.07. The van der Waals surface area contributed by atoms with Crippen molar-refractivity contribution in [3.63, 3.8) is 0 Å². The molecule has 208 valence electrons. The number of likely N-dealkylation sites (tertiary alicyclic amines) is 1. The fourth-order valence-corrected chi connectivity index (χ4v) is 5.53. The molecule has 0 aliphatic carbocycles. The number of nitrogens with zero attached hydrogens (tertiary/aromatic N) is 1. The summed E-state index contributed by atoms with van der Waals surface area (Å²) in [6, 6.07) is 5.55. The third-order valence-electron chi connectivity index (χ3n) is 7.75. The van der Waals surface area contributed by atoms with Crippen LogP contribution >= 0.6 is 0 Å². The lowest BCUT2D eigenvalue weighted by molar-refractivity contribution is -0.180. The highest BCUT2D eigenvalue weighted by Crippen LogP contribution is 2.52. The molecule has 9 nitrogen and oxygen atoms in total. The van der Waals surface area contributed by atoms with Gasteiger partial charge in [-0.1, -0.05) is 40.2 Å². The fourth-order valence-electron chi connectivity index (χ4n) is 5.53. The van der Waals surface area contributed by atoms with Gasteiger partial charge in [-0.15, -0.1) is 0 Å². The zero-order valence-corrected chi connectivity index (χ0v) is 23.3. The van der Waals surface area contributed by atoms with Crippen LogP contribution in [0.2, 0.25) is 0 Å². The van der Waals surface area contributed by atoms with Gasteiger partial charge in [0.2, 0.25) is 18.6 Å². The monoisotopic (exact) mass is 528 g/mol. The van der Waals surface area contributed by atoms with Gasteiger partial charge in [-0.05, 0) is 49.0 Å². The Kier molecular flexibility index (Phi) is 8.06. The molecule has 38 heavy (non-hydrogen) atoms. The molecule has 0 unspecified atom stereocenters. The molecule has 4 rings (SSSR count). The molecule has 1 aromatic rings. The van der Waals surface area contributed by atoms with Gasteiger partial charge < -0.3 is 29.2 Å². The van der Waals surface area contributed by atoms with Crippen LogP contribution in [0.25, 0.3) is 0 Å². The largest absolute Gasteiger partial charge is 0.468 e. The number of nitrogens with one attached hydrogen (secondary N) is 1. The minimum atomic E-state index is -1.23. The number of amides is 2. The van der Waals surface area contributed by atoms with E-state index in [4.69, 9.17) is 18.9 Å². The predicted molar refractivity (Wildman–Crippen MR) is 140 cm³/mol. The summed E-state index contributed by atoms with van der Waals surface area (Å²) in [4.78, 5) is 42.1. The second-order valence-corrected chi connectivity index (χ2v) is 11.5. The van der Waals surface area contributed by atoms with Crippen LogP contribution in [0.3, 0.4) is 0 Å². The molecule has 1 aromatic carbocycles. The quantitative estimate of drug-likeness (QED) is 0.403. The van der Waals surface area contributed by atoms with E-state index in [1.165, 1.54) is 7.11 Å². The van der Waals surface area contributed by atoms with E-state index in [1.54, 1.807) is 4.90 Å². The molecule has 0 radical (unpaired) electrons. The molecule has 3 heterocycles. The zero-order valence-electron chi connectivity index (χ0n) is 23.3. The van der Waals surface area contributed by atoms with Crippen molar-refractivity contribution < 1.29 is 33.3 Å². The lowest BCUT2D eigenvalue weighted by Gasteiger charge is -2.53. The number of piperidine rings is 1. The summed E-state index contributed by atoms with van der Waals surface area (Å²) in [6.07, 6.45) is 2.94. The van der Waals surface area contributed by atoms with Crippen molar-refractivity contribution >= 4 is 17.8 Å². The Morgan fingerprint density at radius 2 is 1.95 bits per heavy atom. The molecule has 0 aromatic heterocycles. The highest BCUT2D eigenvalue weighted by molar-refractivity contribution is 5.92. The molecule has 1 fully saturated rings. The maximum Gasteiger partial charge on any atom is 0.320 e. The average molecular weight is 529 g/mol. The smallest absolute Gasteiger partial charge is 0.320 e. The van der Waals surface area contributed by atoms with E-state index in [-0.39, 0.29) is 49.5 Å². The number of carbonyl (C=O) groups is 3. The third kappa shape index (κ3) is 5.25. The number of carbonyl (C=O) groups excluding carboxylic acids is 3. The Bertz CT molecular complexity index is 1110. The maximum absolute atomic E-state index is 14.1. The summed E-state index contributed by atoms with van der Waals surface area (Å²) in [7, 11) is 1.35. The van der Waals surface area contributed by atoms with Crippen LogP contribution < -0.4 is 14.8 Å². The van der Waals surface area contributed by atoms with Crippen LogP contribution in [0, 0.1) is 16.7 Å². The fraction of sp³-hybridized carbons (Fsp3) is 0.621. The van der Waals surface area contributed by atoms with E-state index >= 15 is 0 Å². The van der Waals surface area contributed by atoms with Crippen molar-refractivity contribution in [3.8, 4) is 11.5 Å². The second kappa shape index (κ2) is 11.0. The number of esters is 1. The van der Waals surface area contributed by atoms with E-state index in [9.17, 15) is 14.4 Å². The molecule has 2 amide bonds. The van der Waals surface area contributed by atoms with Crippen LogP contribution in [-0.2, 0) is 30.4 Å². The number of hydrogen-bond donors (Lipinski definition) is 1. The summed E-state index contributed by atoms with van der Waals surface area (Å²) in [5, 5.41) is 2.91. The van der Waals surface area contributed by atoms with E-state index in [1.807, 2.05) is 38.1 Å². The molecule has 0 saturated carbocycles.